The van der Waals surface area contributed by atoms with E-state index in [1.165, 1.54) is 26.0 Å². The number of benzene rings is 1. The predicted molar refractivity (Wildman–Crippen MR) is 146 cm³/mol. The SMILES string of the molecule is C=C(CC)C(=O)c1ccc(OC(C)(CC)C(=O)O[C@@H](C)C(C)(CC)C(=O)O[C@@H](C)C(=O)OCC)c(Cl)c1Cl. The van der Waals surface area contributed by atoms with Crippen molar-refractivity contribution in [2.45, 2.75) is 92.5 Å². The van der Waals surface area contributed by atoms with E-state index in [-0.39, 0.29) is 46.6 Å². The fourth-order valence-corrected chi connectivity index (χ4v) is 3.70. The molecule has 0 aromatic heterocycles. The van der Waals surface area contributed by atoms with Crippen LogP contribution in [0.2, 0.25) is 10.0 Å². The molecule has 8 nitrogen and oxygen atoms in total. The Morgan fingerprint density at radius 3 is 2.03 bits per heavy atom. The van der Waals surface area contributed by atoms with Crippen LogP contribution in [0.15, 0.2) is 24.3 Å². The molecule has 0 aliphatic carbocycles. The molecule has 212 valence electrons. The van der Waals surface area contributed by atoms with Gasteiger partial charge in [-0.3, -0.25) is 9.59 Å². The highest BCUT2D eigenvalue weighted by Crippen LogP contribution is 2.39. The first kappa shape index (κ1) is 33.4. The zero-order valence-electron chi connectivity index (χ0n) is 23.4. The van der Waals surface area contributed by atoms with Gasteiger partial charge in [-0.1, -0.05) is 50.6 Å². The molecule has 0 spiro atoms. The summed E-state index contributed by atoms with van der Waals surface area (Å²) in [4.78, 5) is 50.7. The number of carbonyl (C=O) groups excluding carboxylic acids is 4. The van der Waals surface area contributed by atoms with E-state index in [9.17, 15) is 19.2 Å². The van der Waals surface area contributed by atoms with Gasteiger partial charge in [0.05, 0.1) is 11.6 Å². The zero-order valence-corrected chi connectivity index (χ0v) is 24.9. The summed E-state index contributed by atoms with van der Waals surface area (Å²) in [6.07, 6.45) is -1.14. The Morgan fingerprint density at radius 2 is 1.53 bits per heavy atom. The molecule has 1 aromatic carbocycles. The Morgan fingerprint density at radius 1 is 0.921 bits per heavy atom. The van der Waals surface area contributed by atoms with Crippen LogP contribution in [0.5, 0.6) is 5.75 Å². The summed E-state index contributed by atoms with van der Waals surface area (Å²) in [6.45, 7) is 16.9. The Balaban J connectivity index is 3.14. The van der Waals surface area contributed by atoms with E-state index in [0.29, 0.717) is 12.0 Å². The van der Waals surface area contributed by atoms with Crippen molar-refractivity contribution in [3.05, 3.63) is 39.9 Å². The lowest BCUT2D eigenvalue weighted by Crippen LogP contribution is -2.49. The number of hydrogen-bond acceptors (Lipinski definition) is 8. The number of esters is 3. The molecule has 0 aliphatic rings. The molecule has 0 aliphatic heterocycles. The molecular formula is C28H38Cl2O8. The lowest BCUT2D eigenvalue weighted by Gasteiger charge is -2.35. The Bertz CT molecular complexity index is 1070. The first-order valence-electron chi connectivity index (χ1n) is 12.6. The average Bonchev–Trinajstić information content (AvgIpc) is 2.89. The molecule has 0 heterocycles. The highest BCUT2D eigenvalue weighted by molar-refractivity contribution is 6.45. The van der Waals surface area contributed by atoms with Crippen LogP contribution in [0.3, 0.4) is 0 Å². The first-order chi connectivity index (χ1) is 17.6. The van der Waals surface area contributed by atoms with E-state index >= 15 is 0 Å². The molecule has 0 amide bonds. The lowest BCUT2D eigenvalue weighted by atomic mass is 9.82. The van der Waals surface area contributed by atoms with Gasteiger partial charge in [-0.15, -0.1) is 0 Å². The third kappa shape index (κ3) is 7.50. The van der Waals surface area contributed by atoms with Gasteiger partial charge in [-0.2, -0.15) is 0 Å². The van der Waals surface area contributed by atoms with Gasteiger partial charge in [0.25, 0.3) is 0 Å². The Kier molecular flexibility index (Phi) is 12.3. The molecule has 0 radical (unpaired) electrons. The van der Waals surface area contributed by atoms with Crippen molar-refractivity contribution in [1.82, 2.24) is 0 Å². The fraction of sp³-hybridized carbons (Fsp3) is 0.571. The van der Waals surface area contributed by atoms with Gasteiger partial charge in [0.15, 0.2) is 11.9 Å². The van der Waals surface area contributed by atoms with Crippen LogP contribution in [0.4, 0.5) is 0 Å². The molecule has 0 saturated heterocycles. The van der Waals surface area contributed by atoms with Crippen molar-refractivity contribution >= 4 is 46.9 Å². The predicted octanol–water partition coefficient (Wildman–Crippen LogP) is 6.53. The van der Waals surface area contributed by atoms with E-state index in [1.807, 2.05) is 0 Å². The van der Waals surface area contributed by atoms with E-state index < -0.39 is 41.1 Å². The second kappa shape index (κ2) is 14.0. The summed E-state index contributed by atoms with van der Waals surface area (Å²) in [6, 6.07) is 2.92. The molecular weight excluding hydrogens is 535 g/mol. The fourth-order valence-electron chi connectivity index (χ4n) is 3.25. The first-order valence-corrected chi connectivity index (χ1v) is 13.4. The van der Waals surface area contributed by atoms with Crippen molar-refractivity contribution in [3.8, 4) is 5.75 Å². The van der Waals surface area contributed by atoms with Gasteiger partial charge < -0.3 is 18.9 Å². The Hall–Kier alpha value is -2.58. The van der Waals surface area contributed by atoms with E-state index in [0.717, 1.165) is 0 Å². The van der Waals surface area contributed by atoms with Crippen molar-refractivity contribution in [2.24, 2.45) is 5.41 Å². The second-order valence-corrected chi connectivity index (χ2v) is 10.1. The lowest BCUT2D eigenvalue weighted by molar-refractivity contribution is -0.186. The van der Waals surface area contributed by atoms with Crippen molar-refractivity contribution in [1.29, 1.82) is 0 Å². The van der Waals surface area contributed by atoms with Gasteiger partial charge in [-0.25, -0.2) is 9.59 Å². The average molecular weight is 574 g/mol. The summed E-state index contributed by atoms with van der Waals surface area (Å²) < 4.78 is 21.9. The van der Waals surface area contributed by atoms with Gasteiger partial charge in [0.1, 0.15) is 22.3 Å². The molecule has 0 N–H and O–H groups in total. The number of halogens is 2. The molecule has 1 rings (SSSR count). The minimum Gasteiger partial charge on any atom is -0.474 e. The second-order valence-electron chi connectivity index (χ2n) is 9.33. The summed E-state index contributed by atoms with van der Waals surface area (Å²) in [7, 11) is 0. The van der Waals surface area contributed by atoms with E-state index in [1.54, 1.807) is 41.5 Å². The standard InChI is InChI=1S/C28H38Cl2O8/c1-10-16(5)23(31)19-14-15-20(22(30)21(19)29)38-28(9,12-3)26(34)37-18(7)27(8,11-2)25(33)36-17(6)24(32)35-13-4/h14-15,17-18H,5,10-13H2,1-4,6-9H3/t17-,18-,27?,28?/m0/s1. The van der Waals surface area contributed by atoms with Crippen molar-refractivity contribution < 1.29 is 38.1 Å². The summed E-state index contributed by atoms with van der Waals surface area (Å²) >= 11 is 12.8. The Labute approximate surface area is 234 Å². The molecule has 0 saturated carbocycles. The third-order valence-corrected chi connectivity index (χ3v) is 7.63. The quantitative estimate of drug-likeness (QED) is 0.107. The minimum atomic E-state index is -1.50. The monoisotopic (exact) mass is 572 g/mol. The molecule has 4 atom stereocenters. The molecule has 1 aromatic rings. The number of carbonyl (C=O) groups is 4. The smallest absolute Gasteiger partial charge is 0.350 e. The minimum absolute atomic E-state index is 0.0130. The van der Waals surface area contributed by atoms with Crippen LogP contribution in [0.25, 0.3) is 0 Å². The molecule has 2 unspecified atom stereocenters. The number of hydrogen-bond donors (Lipinski definition) is 0. The number of rotatable bonds is 14. The number of Topliss-reactive ketones (excluding diaryl/α,β-unsaturated/α-hetero) is 1. The summed E-state index contributed by atoms with van der Waals surface area (Å²) in [5.74, 6) is -2.36. The maximum absolute atomic E-state index is 13.3. The highest BCUT2D eigenvalue weighted by atomic mass is 35.5. The number of allylic oxidation sites excluding steroid dienone is 1. The maximum atomic E-state index is 13.3. The molecule has 0 fully saturated rings. The topological polar surface area (TPSA) is 105 Å². The van der Waals surface area contributed by atoms with Gasteiger partial charge >= 0.3 is 17.9 Å². The van der Waals surface area contributed by atoms with Gasteiger partial charge in [0, 0.05) is 5.56 Å². The zero-order chi connectivity index (χ0) is 29.4. The summed E-state index contributed by atoms with van der Waals surface area (Å²) in [5.41, 5.74) is -2.20. The van der Waals surface area contributed by atoms with Crippen LogP contribution in [-0.2, 0) is 28.6 Å². The van der Waals surface area contributed by atoms with Crippen LogP contribution in [-0.4, -0.2) is 48.1 Å². The van der Waals surface area contributed by atoms with Crippen LogP contribution < -0.4 is 4.74 Å². The highest BCUT2D eigenvalue weighted by Gasteiger charge is 2.46. The number of ketones is 1. The van der Waals surface area contributed by atoms with Crippen LogP contribution in [0.1, 0.15) is 85.0 Å². The summed E-state index contributed by atoms with van der Waals surface area (Å²) in [5, 5.41) is -0.0437. The molecule has 10 heteroatoms. The van der Waals surface area contributed by atoms with E-state index in [4.69, 9.17) is 42.1 Å². The molecule has 38 heavy (non-hydrogen) atoms. The van der Waals surface area contributed by atoms with E-state index in [2.05, 4.69) is 6.58 Å². The van der Waals surface area contributed by atoms with Crippen molar-refractivity contribution in [3.63, 3.8) is 0 Å². The number of ether oxygens (including phenoxy) is 4. The normalized spacial score (nSPS) is 15.7. The van der Waals surface area contributed by atoms with Crippen LogP contribution in [0, 0.1) is 5.41 Å². The van der Waals surface area contributed by atoms with Crippen LogP contribution >= 0.6 is 23.2 Å². The van der Waals surface area contributed by atoms with Crippen molar-refractivity contribution in [2.75, 3.05) is 6.61 Å². The van der Waals surface area contributed by atoms with Gasteiger partial charge in [0.2, 0.25) is 5.60 Å². The maximum Gasteiger partial charge on any atom is 0.350 e. The molecule has 0 bridgehead atoms. The van der Waals surface area contributed by atoms with Gasteiger partial charge in [-0.05, 0) is 71.6 Å². The largest absolute Gasteiger partial charge is 0.474 e. The third-order valence-electron chi connectivity index (χ3n) is 6.77.